The summed E-state index contributed by atoms with van der Waals surface area (Å²) in [7, 11) is 0. The molecule has 10 heteroatoms. The Morgan fingerprint density at radius 2 is 1.86 bits per heavy atom. The van der Waals surface area contributed by atoms with Crippen LogP contribution >= 0.6 is 23.2 Å². The number of rotatable bonds is 4. The van der Waals surface area contributed by atoms with E-state index in [0.717, 1.165) is 6.07 Å². The lowest BCUT2D eigenvalue weighted by Crippen LogP contribution is -2.39. The van der Waals surface area contributed by atoms with Gasteiger partial charge in [-0.05, 0) is 36.8 Å². The molecule has 2 N–H and O–H groups in total. The Kier molecular flexibility index (Phi) is 5.71. The Morgan fingerprint density at radius 3 is 2.57 bits per heavy atom. The number of para-hydroxylation sites is 1. The van der Waals surface area contributed by atoms with Gasteiger partial charge < -0.3 is 4.90 Å². The number of hydrogen-bond acceptors (Lipinski definition) is 3. The van der Waals surface area contributed by atoms with Crippen LogP contribution in [-0.4, -0.2) is 18.4 Å². The highest BCUT2D eigenvalue weighted by Crippen LogP contribution is 2.35. The summed E-state index contributed by atoms with van der Waals surface area (Å²) < 4.78 is 39.0. The molecule has 0 bridgehead atoms. The second-order valence-electron chi connectivity index (χ2n) is 6.08. The van der Waals surface area contributed by atoms with Crippen LogP contribution in [0.15, 0.2) is 42.5 Å². The number of halogens is 5. The van der Waals surface area contributed by atoms with Crippen molar-refractivity contribution in [3.05, 3.63) is 58.1 Å². The normalized spacial score (nSPS) is 17.0. The Morgan fingerprint density at radius 1 is 1.14 bits per heavy atom. The molecule has 2 aromatic carbocycles. The van der Waals surface area contributed by atoms with E-state index in [1.165, 1.54) is 35.2 Å². The minimum absolute atomic E-state index is 0.191. The summed E-state index contributed by atoms with van der Waals surface area (Å²) in [5, 5.41) is 0.682. The zero-order valence-corrected chi connectivity index (χ0v) is 15.7. The molecule has 0 spiro atoms. The number of anilines is 2. The number of alkyl halides is 3. The topological polar surface area (TPSA) is 61.4 Å². The Hall–Kier alpha value is -2.45. The van der Waals surface area contributed by atoms with Crippen molar-refractivity contribution in [1.29, 1.82) is 0 Å². The molecule has 1 fully saturated rings. The van der Waals surface area contributed by atoms with Gasteiger partial charge in [-0.3, -0.25) is 20.4 Å². The van der Waals surface area contributed by atoms with Crippen LogP contribution in [0.4, 0.5) is 24.5 Å². The van der Waals surface area contributed by atoms with Crippen LogP contribution in [0.3, 0.4) is 0 Å². The van der Waals surface area contributed by atoms with E-state index in [-0.39, 0.29) is 18.7 Å². The van der Waals surface area contributed by atoms with E-state index >= 15 is 0 Å². The summed E-state index contributed by atoms with van der Waals surface area (Å²) >= 11 is 12.0. The maximum atomic E-state index is 13.0. The molecule has 0 saturated carbocycles. The van der Waals surface area contributed by atoms with Gasteiger partial charge in [0.05, 0.1) is 22.0 Å². The molecule has 3 rings (SSSR count). The van der Waals surface area contributed by atoms with Crippen LogP contribution in [0.2, 0.25) is 10.0 Å². The standard InChI is InChI=1S/C18H14Cl2F3N3O2/c19-10-5-6-13(20)15(9-10)26-8-7-11(17(26)28)16(27)25-24-14-4-2-1-3-12(14)18(21,22)23/h1-6,9,11,24H,7-8H2,(H,25,27)/t11-/m1/s1. The van der Waals surface area contributed by atoms with E-state index in [1.807, 2.05) is 0 Å². The van der Waals surface area contributed by atoms with Crippen molar-refractivity contribution in [3.63, 3.8) is 0 Å². The van der Waals surface area contributed by atoms with Crippen molar-refractivity contribution >= 4 is 46.4 Å². The molecule has 0 aliphatic carbocycles. The average Bonchev–Trinajstić information content (AvgIpc) is 3.02. The molecule has 1 aliphatic heterocycles. The van der Waals surface area contributed by atoms with Gasteiger partial charge >= 0.3 is 6.18 Å². The van der Waals surface area contributed by atoms with Gasteiger partial charge in [0.1, 0.15) is 5.92 Å². The number of nitrogens with zero attached hydrogens (tertiary/aromatic N) is 1. The first kappa shape index (κ1) is 20.3. The number of carbonyl (C=O) groups excluding carboxylic acids is 2. The van der Waals surface area contributed by atoms with Gasteiger partial charge in [-0.2, -0.15) is 13.2 Å². The molecular weight excluding hydrogens is 418 g/mol. The third-order valence-corrected chi connectivity index (χ3v) is 4.83. The lowest BCUT2D eigenvalue weighted by atomic mass is 10.1. The second kappa shape index (κ2) is 7.89. The summed E-state index contributed by atoms with van der Waals surface area (Å²) in [6.45, 7) is 0.232. The van der Waals surface area contributed by atoms with Crippen LogP contribution in [0.1, 0.15) is 12.0 Å². The van der Waals surface area contributed by atoms with Crippen LogP contribution < -0.4 is 15.8 Å². The van der Waals surface area contributed by atoms with E-state index in [9.17, 15) is 22.8 Å². The van der Waals surface area contributed by atoms with Gasteiger partial charge in [-0.25, -0.2) is 0 Å². The fourth-order valence-electron chi connectivity index (χ4n) is 2.91. The molecule has 2 amide bonds. The van der Waals surface area contributed by atoms with Gasteiger partial charge in [0.2, 0.25) is 5.91 Å². The molecule has 2 aromatic rings. The van der Waals surface area contributed by atoms with Crippen molar-refractivity contribution in [2.45, 2.75) is 12.6 Å². The zero-order chi connectivity index (χ0) is 20.5. The maximum Gasteiger partial charge on any atom is 0.418 e. The predicted molar refractivity (Wildman–Crippen MR) is 100 cm³/mol. The minimum atomic E-state index is -4.59. The Balaban J connectivity index is 1.70. The third kappa shape index (κ3) is 4.18. The molecule has 1 saturated heterocycles. The van der Waals surface area contributed by atoms with Crippen LogP contribution in [0.25, 0.3) is 0 Å². The number of amides is 2. The van der Waals surface area contributed by atoms with Crippen molar-refractivity contribution in [2.24, 2.45) is 5.92 Å². The second-order valence-corrected chi connectivity index (χ2v) is 6.93. The minimum Gasteiger partial charge on any atom is -0.310 e. The molecule has 148 valence electrons. The number of carbonyl (C=O) groups is 2. The van der Waals surface area contributed by atoms with Gasteiger partial charge in [0.25, 0.3) is 5.91 Å². The summed E-state index contributed by atoms with van der Waals surface area (Å²) in [4.78, 5) is 26.3. The smallest absolute Gasteiger partial charge is 0.310 e. The first-order valence-corrected chi connectivity index (χ1v) is 8.92. The first-order valence-electron chi connectivity index (χ1n) is 8.17. The molecule has 1 heterocycles. The number of hydrogen-bond donors (Lipinski definition) is 2. The van der Waals surface area contributed by atoms with E-state index in [2.05, 4.69) is 10.9 Å². The predicted octanol–water partition coefficient (Wildman–Crippen LogP) is 4.51. The Labute approximate surface area is 168 Å². The fourth-order valence-corrected chi connectivity index (χ4v) is 3.30. The molecule has 0 aromatic heterocycles. The van der Waals surface area contributed by atoms with E-state index in [0.29, 0.717) is 15.7 Å². The lowest BCUT2D eigenvalue weighted by molar-refractivity contribution is -0.137. The van der Waals surface area contributed by atoms with Gasteiger partial charge in [0.15, 0.2) is 0 Å². The molecule has 1 atom stereocenters. The van der Waals surface area contributed by atoms with E-state index in [1.54, 1.807) is 6.07 Å². The quantitative estimate of drug-likeness (QED) is 0.552. The highest BCUT2D eigenvalue weighted by atomic mass is 35.5. The maximum absolute atomic E-state index is 13.0. The number of benzene rings is 2. The third-order valence-electron chi connectivity index (χ3n) is 4.27. The van der Waals surface area contributed by atoms with E-state index < -0.39 is 29.5 Å². The van der Waals surface area contributed by atoms with E-state index in [4.69, 9.17) is 23.2 Å². The lowest BCUT2D eigenvalue weighted by Gasteiger charge is -2.19. The number of hydrazine groups is 1. The van der Waals surface area contributed by atoms with Gasteiger partial charge in [0, 0.05) is 11.6 Å². The SMILES string of the molecule is O=C(NNc1ccccc1C(F)(F)F)[C@H]1CCN(c2cc(Cl)ccc2Cl)C1=O. The van der Waals surface area contributed by atoms with Gasteiger partial charge in [-0.1, -0.05) is 35.3 Å². The van der Waals surface area contributed by atoms with Crippen molar-refractivity contribution in [3.8, 4) is 0 Å². The fraction of sp³-hybridized carbons (Fsp3) is 0.222. The largest absolute Gasteiger partial charge is 0.418 e. The Bertz CT molecular complexity index is 921. The zero-order valence-electron chi connectivity index (χ0n) is 14.2. The molecule has 5 nitrogen and oxygen atoms in total. The summed E-state index contributed by atoms with van der Waals surface area (Å²) in [6, 6.07) is 9.32. The molecule has 1 aliphatic rings. The summed E-state index contributed by atoms with van der Waals surface area (Å²) in [5.74, 6) is -2.30. The monoisotopic (exact) mass is 431 g/mol. The van der Waals surface area contributed by atoms with Crippen molar-refractivity contribution in [1.82, 2.24) is 5.43 Å². The first-order chi connectivity index (χ1) is 13.2. The van der Waals surface area contributed by atoms with Crippen LogP contribution in [0, 0.1) is 5.92 Å². The molecule has 0 unspecified atom stereocenters. The molecule has 0 radical (unpaired) electrons. The molecule has 28 heavy (non-hydrogen) atoms. The van der Waals surface area contributed by atoms with Crippen molar-refractivity contribution < 1.29 is 22.8 Å². The highest BCUT2D eigenvalue weighted by molar-refractivity contribution is 6.36. The summed E-state index contributed by atoms with van der Waals surface area (Å²) in [6.07, 6.45) is -4.40. The highest BCUT2D eigenvalue weighted by Gasteiger charge is 2.39. The van der Waals surface area contributed by atoms with Crippen molar-refractivity contribution in [2.75, 3.05) is 16.9 Å². The number of nitrogens with one attached hydrogen (secondary N) is 2. The van der Waals surface area contributed by atoms with Gasteiger partial charge in [-0.15, -0.1) is 0 Å². The van der Waals surface area contributed by atoms with Crippen LogP contribution in [0.5, 0.6) is 0 Å². The van der Waals surface area contributed by atoms with Crippen LogP contribution in [-0.2, 0) is 15.8 Å². The molecular formula is C18H14Cl2F3N3O2. The average molecular weight is 432 g/mol. The summed E-state index contributed by atoms with van der Waals surface area (Å²) in [5.41, 5.74) is 3.57.